The van der Waals surface area contributed by atoms with E-state index in [0.29, 0.717) is 43.5 Å². The minimum atomic E-state index is -0.0785. The number of aldehydes is 1. The number of benzene rings is 3. The monoisotopic (exact) mass is 474 g/mol. The Kier molecular flexibility index (Phi) is 8.67. The summed E-state index contributed by atoms with van der Waals surface area (Å²) < 4.78 is 5.35. The van der Waals surface area contributed by atoms with Crippen LogP contribution in [0.15, 0.2) is 42.5 Å². The van der Waals surface area contributed by atoms with Gasteiger partial charge in [0.05, 0.1) is 12.7 Å². The third-order valence-electron chi connectivity index (χ3n) is 5.63. The predicted octanol–water partition coefficient (Wildman–Crippen LogP) is 3.97. The summed E-state index contributed by atoms with van der Waals surface area (Å²) in [6.07, 6.45) is 8.99. The third kappa shape index (κ3) is 6.09. The highest BCUT2D eigenvalue weighted by molar-refractivity contribution is 5.85. The molecule has 0 amide bonds. The number of hydrogen-bond donors (Lipinski definition) is 5. The van der Waals surface area contributed by atoms with Crippen LogP contribution in [0.4, 0.5) is 0 Å². The highest BCUT2D eigenvalue weighted by Gasteiger charge is 2.12. The molecule has 0 saturated heterocycles. The maximum absolute atomic E-state index is 11.5. The molecule has 7 nitrogen and oxygen atoms in total. The first-order valence-corrected chi connectivity index (χ1v) is 11.2. The minimum Gasteiger partial charge on any atom is -0.508 e. The van der Waals surface area contributed by atoms with E-state index in [4.69, 9.17) is 16.2 Å². The zero-order valence-electron chi connectivity index (χ0n) is 19.6. The van der Waals surface area contributed by atoms with E-state index in [9.17, 15) is 20.1 Å². The number of methoxy groups -OCH3 is 1. The molecule has 7 N–H and O–H groups in total. The highest BCUT2D eigenvalue weighted by atomic mass is 16.5. The summed E-state index contributed by atoms with van der Waals surface area (Å²) in [4.78, 5) is 11.5. The number of carbonyl (C=O) groups is 1. The molecule has 0 aliphatic rings. The van der Waals surface area contributed by atoms with Crippen LogP contribution in [0.1, 0.15) is 43.7 Å². The summed E-state index contributed by atoms with van der Waals surface area (Å²) >= 11 is 0. The second-order valence-electron chi connectivity index (χ2n) is 7.97. The van der Waals surface area contributed by atoms with Gasteiger partial charge < -0.3 is 31.5 Å². The van der Waals surface area contributed by atoms with Crippen molar-refractivity contribution in [1.82, 2.24) is 0 Å². The van der Waals surface area contributed by atoms with Crippen molar-refractivity contribution in [2.24, 2.45) is 11.5 Å². The molecule has 0 aliphatic heterocycles. The largest absolute Gasteiger partial charge is 0.508 e. The Balaban J connectivity index is 1.95. The number of hydrogen-bond acceptors (Lipinski definition) is 7. The average molecular weight is 475 g/mol. The van der Waals surface area contributed by atoms with Gasteiger partial charge in [0.1, 0.15) is 11.5 Å². The molecule has 0 aromatic heterocycles. The lowest BCUT2D eigenvalue weighted by Gasteiger charge is -2.12. The molecule has 0 heterocycles. The lowest BCUT2D eigenvalue weighted by Crippen LogP contribution is -2.07. The molecule has 0 spiro atoms. The molecule has 182 valence electrons. The fourth-order valence-electron chi connectivity index (χ4n) is 4.02. The zero-order valence-corrected chi connectivity index (χ0v) is 19.6. The van der Waals surface area contributed by atoms with E-state index in [1.807, 2.05) is 30.4 Å². The highest BCUT2D eigenvalue weighted by Crippen LogP contribution is 2.34. The Bertz CT molecular complexity index is 1260. The number of aromatic hydroxyl groups is 3. The van der Waals surface area contributed by atoms with Gasteiger partial charge in [0.15, 0.2) is 17.8 Å². The summed E-state index contributed by atoms with van der Waals surface area (Å²) in [6.45, 7) is 0.733. The van der Waals surface area contributed by atoms with Crippen LogP contribution in [0.3, 0.4) is 0 Å². The van der Waals surface area contributed by atoms with Crippen LogP contribution in [0, 0.1) is 0 Å². The molecular weight excluding hydrogens is 444 g/mol. The SMILES string of the molecule is COc1c(O)ccc(C=Cc2cc(O)cc(C=Cc3ccc(O)c(C=O)c3CCN)c2)c1CCN. The lowest BCUT2D eigenvalue weighted by atomic mass is 9.96. The van der Waals surface area contributed by atoms with E-state index >= 15 is 0 Å². The van der Waals surface area contributed by atoms with Crippen molar-refractivity contribution in [3.8, 4) is 23.0 Å². The lowest BCUT2D eigenvalue weighted by molar-refractivity contribution is 0.112. The number of carbonyl (C=O) groups excluding carboxylic acids is 1. The minimum absolute atomic E-state index is 0.0545. The molecular formula is C28H30N2O5. The van der Waals surface area contributed by atoms with Gasteiger partial charge in [0, 0.05) is 5.56 Å². The van der Waals surface area contributed by atoms with Gasteiger partial charge >= 0.3 is 0 Å². The van der Waals surface area contributed by atoms with Crippen molar-refractivity contribution in [1.29, 1.82) is 0 Å². The standard InChI is InChI=1S/C28H30N2O5/c1-35-28-24(11-13-30)21(7-9-27(28)34)5-3-19-14-18(15-22(32)16-19)2-4-20-6-8-26(33)25(17-31)23(20)10-12-29/h2-9,14-17,32-34H,10-13,29-30H2,1H3. The number of rotatable bonds is 10. The first-order valence-electron chi connectivity index (χ1n) is 11.2. The Morgan fingerprint density at radius 2 is 1.31 bits per heavy atom. The topological polar surface area (TPSA) is 139 Å². The van der Waals surface area contributed by atoms with Crippen LogP contribution < -0.4 is 16.2 Å². The summed E-state index contributed by atoms with van der Waals surface area (Å²) in [5, 5.41) is 30.3. The van der Waals surface area contributed by atoms with Crippen LogP contribution in [-0.4, -0.2) is 41.8 Å². The van der Waals surface area contributed by atoms with E-state index in [1.165, 1.54) is 13.2 Å². The second kappa shape index (κ2) is 11.9. The Hall–Kier alpha value is -4.07. The molecule has 0 unspecified atom stereocenters. The molecule has 7 heteroatoms. The molecule has 0 aliphatic carbocycles. The van der Waals surface area contributed by atoms with Crippen LogP contribution in [-0.2, 0) is 12.8 Å². The molecule has 3 aromatic carbocycles. The number of ether oxygens (including phenoxy) is 1. The van der Waals surface area contributed by atoms with Gasteiger partial charge in [-0.1, -0.05) is 36.4 Å². The Morgan fingerprint density at radius 1 is 0.771 bits per heavy atom. The van der Waals surface area contributed by atoms with Crippen molar-refractivity contribution in [2.75, 3.05) is 20.2 Å². The average Bonchev–Trinajstić information content (AvgIpc) is 2.83. The van der Waals surface area contributed by atoms with Crippen molar-refractivity contribution in [3.63, 3.8) is 0 Å². The summed E-state index contributed by atoms with van der Waals surface area (Å²) in [5.41, 5.74) is 16.3. The molecule has 0 atom stereocenters. The predicted molar refractivity (Wildman–Crippen MR) is 140 cm³/mol. The fourth-order valence-corrected chi connectivity index (χ4v) is 4.02. The quantitative estimate of drug-likeness (QED) is 0.221. The fraction of sp³-hybridized carbons (Fsp3) is 0.179. The van der Waals surface area contributed by atoms with Crippen LogP contribution in [0.25, 0.3) is 24.3 Å². The van der Waals surface area contributed by atoms with Gasteiger partial charge in [0.25, 0.3) is 0 Å². The van der Waals surface area contributed by atoms with E-state index < -0.39 is 0 Å². The summed E-state index contributed by atoms with van der Waals surface area (Å²) in [5.74, 6) is 0.469. The van der Waals surface area contributed by atoms with Crippen molar-refractivity contribution >= 4 is 30.6 Å². The molecule has 0 bridgehead atoms. The van der Waals surface area contributed by atoms with E-state index in [0.717, 1.165) is 27.8 Å². The molecule has 0 fully saturated rings. The summed E-state index contributed by atoms with van der Waals surface area (Å²) in [7, 11) is 1.50. The smallest absolute Gasteiger partial charge is 0.164 e. The number of nitrogens with two attached hydrogens (primary N) is 2. The third-order valence-corrected chi connectivity index (χ3v) is 5.63. The second-order valence-corrected chi connectivity index (χ2v) is 7.97. The first-order chi connectivity index (χ1) is 16.9. The van der Waals surface area contributed by atoms with Gasteiger partial charge in [-0.2, -0.15) is 0 Å². The van der Waals surface area contributed by atoms with Gasteiger partial charge in [0.2, 0.25) is 0 Å². The van der Waals surface area contributed by atoms with Crippen molar-refractivity contribution in [2.45, 2.75) is 12.8 Å². The molecule has 3 aromatic rings. The van der Waals surface area contributed by atoms with Crippen molar-refractivity contribution in [3.05, 3.63) is 81.4 Å². The van der Waals surface area contributed by atoms with Crippen LogP contribution >= 0.6 is 0 Å². The normalized spacial score (nSPS) is 11.4. The van der Waals surface area contributed by atoms with Crippen LogP contribution in [0.5, 0.6) is 23.0 Å². The Labute approximate surface area is 204 Å². The van der Waals surface area contributed by atoms with E-state index in [2.05, 4.69) is 0 Å². The first kappa shape index (κ1) is 25.6. The van der Waals surface area contributed by atoms with Gasteiger partial charge in [-0.25, -0.2) is 0 Å². The molecule has 0 saturated carbocycles. The van der Waals surface area contributed by atoms with Gasteiger partial charge in [-0.15, -0.1) is 0 Å². The zero-order chi connectivity index (χ0) is 25.4. The number of phenols is 3. The number of phenolic OH excluding ortho intramolecular Hbond substituents is 3. The van der Waals surface area contributed by atoms with Crippen molar-refractivity contribution < 1.29 is 24.9 Å². The summed E-state index contributed by atoms with van der Waals surface area (Å²) in [6, 6.07) is 11.7. The van der Waals surface area contributed by atoms with Gasteiger partial charge in [-0.3, -0.25) is 4.79 Å². The molecule has 3 rings (SSSR count). The van der Waals surface area contributed by atoms with Crippen LogP contribution in [0.2, 0.25) is 0 Å². The van der Waals surface area contributed by atoms with E-state index in [-0.39, 0.29) is 22.8 Å². The Morgan fingerprint density at radius 3 is 1.86 bits per heavy atom. The maximum atomic E-state index is 11.5. The van der Waals surface area contributed by atoms with Gasteiger partial charge in [-0.05, 0) is 84.1 Å². The maximum Gasteiger partial charge on any atom is 0.164 e. The molecule has 0 radical (unpaired) electrons. The van der Waals surface area contributed by atoms with E-state index in [1.54, 1.807) is 30.3 Å². The molecule has 35 heavy (non-hydrogen) atoms.